The van der Waals surface area contributed by atoms with Crippen LogP contribution >= 0.6 is 34.5 Å². The first kappa shape index (κ1) is 15.1. The van der Waals surface area contributed by atoms with Crippen molar-refractivity contribution in [2.45, 2.75) is 19.8 Å². The van der Waals surface area contributed by atoms with E-state index in [0.717, 1.165) is 10.6 Å². The maximum Gasteiger partial charge on any atom is 0.303 e. The fraction of sp³-hybridized carbons (Fsp3) is 0.231. The number of carboxylic acid groups (broad SMARTS) is 1. The third-order valence-corrected chi connectivity index (χ3v) is 4.33. The van der Waals surface area contributed by atoms with Crippen molar-refractivity contribution < 1.29 is 9.90 Å². The Hall–Kier alpha value is -1.30. The topological polar surface area (TPSA) is 62.2 Å². The van der Waals surface area contributed by atoms with E-state index in [1.807, 2.05) is 6.92 Å². The van der Waals surface area contributed by atoms with E-state index in [9.17, 15) is 4.79 Å². The molecule has 1 heterocycles. The van der Waals surface area contributed by atoms with Crippen molar-refractivity contribution in [2.75, 3.05) is 5.32 Å². The Kier molecular flexibility index (Phi) is 4.86. The van der Waals surface area contributed by atoms with Gasteiger partial charge < -0.3 is 10.4 Å². The number of halogens is 2. The number of rotatable bonds is 5. The van der Waals surface area contributed by atoms with Crippen LogP contribution in [0.4, 0.5) is 10.8 Å². The first-order chi connectivity index (χ1) is 9.45. The Bertz CT molecular complexity index is 643. The summed E-state index contributed by atoms with van der Waals surface area (Å²) in [5.74, 6) is -0.815. The van der Waals surface area contributed by atoms with Crippen LogP contribution < -0.4 is 5.32 Å². The molecular weight excluding hydrogens is 319 g/mol. The van der Waals surface area contributed by atoms with Crippen LogP contribution in [-0.2, 0) is 11.2 Å². The molecule has 4 nitrogen and oxygen atoms in total. The van der Waals surface area contributed by atoms with E-state index in [1.165, 1.54) is 11.3 Å². The molecule has 0 atom stereocenters. The highest BCUT2D eigenvalue weighted by Gasteiger charge is 2.11. The van der Waals surface area contributed by atoms with Crippen molar-refractivity contribution >= 4 is 51.3 Å². The molecule has 0 saturated heterocycles. The highest BCUT2D eigenvalue weighted by atomic mass is 35.5. The Morgan fingerprint density at radius 3 is 2.90 bits per heavy atom. The lowest BCUT2D eigenvalue weighted by atomic mass is 10.2. The van der Waals surface area contributed by atoms with Gasteiger partial charge in [0.25, 0.3) is 0 Å². The summed E-state index contributed by atoms with van der Waals surface area (Å²) in [6.07, 6.45) is 0.574. The number of hydrogen-bond donors (Lipinski definition) is 2. The summed E-state index contributed by atoms with van der Waals surface area (Å²) in [4.78, 5) is 15.9. The van der Waals surface area contributed by atoms with Crippen molar-refractivity contribution in [3.63, 3.8) is 0 Å². The molecule has 0 spiro atoms. The lowest BCUT2D eigenvalue weighted by Gasteiger charge is -2.05. The summed E-state index contributed by atoms with van der Waals surface area (Å²) in [5, 5.41) is 13.6. The number of carboxylic acids is 1. The molecule has 0 radical (unpaired) electrons. The van der Waals surface area contributed by atoms with Crippen LogP contribution in [0.2, 0.25) is 10.0 Å². The zero-order valence-electron chi connectivity index (χ0n) is 10.6. The summed E-state index contributed by atoms with van der Waals surface area (Å²) >= 11 is 13.4. The number of aromatic nitrogens is 1. The molecule has 20 heavy (non-hydrogen) atoms. The summed E-state index contributed by atoms with van der Waals surface area (Å²) in [6.45, 7) is 1.86. The van der Waals surface area contributed by atoms with Gasteiger partial charge in [-0.25, -0.2) is 4.98 Å². The number of nitrogens with one attached hydrogen (secondary N) is 1. The van der Waals surface area contributed by atoms with Gasteiger partial charge in [0.2, 0.25) is 0 Å². The molecule has 2 rings (SSSR count). The molecule has 1 aromatic heterocycles. The van der Waals surface area contributed by atoms with Gasteiger partial charge in [-0.3, -0.25) is 4.79 Å². The third kappa shape index (κ3) is 3.85. The van der Waals surface area contributed by atoms with Gasteiger partial charge >= 0.3 is 5.97 Å². The fourth-order valence-corrected chi connectivity index (χ4v) is 2.95. The Labute approximate surface area is 130 Å². The Balaban J connectivity index is 2.16. The molecule has 0 aliphatic heterocycles. The van der Waals surface area contributed by atoms with Gasteiger partial charge in [0.05, 0.1) is 22.8 Å². The van der Waals surface area contributed by atoms with Gasteiger partial charge in [-0.05, 0) is 31.5 Å². The number of benzene rings is 1. The van der Waals surface area contributed by atoms with Crippen LogP contribution in [0.3, 0.4) is 0 Å². The summed E-state index contributed by atoms with van der Waals surface area (Å²) in [7, 11) is 0. The van der Waals surface area contributed by atoms with Crippen LogP contribution in [0.1, 0.15) is 17.0 Å². The lowest BCUT2D eigenvalue weighted by molar-refractivity contribution is -0.136. The zero-order valence-corrected chi connectivity index (χ0v) is 12.9. The summed E-state index contributed by atoms with van der Waals surface area (Å²) in [5.41, 5.74) is 1.51. The van der Waals surface area contributed by atoms with Gasteiger partial charge in [-0.15, -0.1) is 11.3 Å². The molecule has 0 aliphatic rings. The molecule has 7 heteroatoms. The minimum atomic E-state index is -0.815. The minimum absolute atomic E-state index is 0.0976. The van der Waals surface area contributed by atoms with Crippen molar-refractivity contribution in [2.24, 2.45) is 0 Å². The molecule has 0 aliphatic carbocycles. The van der Waals surface area contributed by atoms with Crippen LogP contribution in [0.5, 0.6) is 0 Å². The predicted octanol–water partition coefficient (Wildman–Crippen LogP) is 4.52. The number of hydrogen-bond acceptors (Lipinski definition) is 4. The summed E-state index contributed by atoms with van der Waals surface area (Å²) in [6, 6.07) is 5.13. The van der Waals surface area contributed by atoms with E-state index < -0.39 is 5.97 Å². The molecule has 0 saturated carbocycles. The van der Waals surface area contributed by atoms with Crippen LogP contribution in [0.15, 0.2) is 18.2 Å². The average Bonchev–Trinajstić information content (AvgIpc) is 2.72. The van der Waals surface area contributed by atoms with E-state index in [-0.39, 0.29) is 6.42 Å². The normalized spacial score (nSPS) is 10.6. The van der Waals surface area contributed by atoms with Gasteiger partial charge in [0.1, 0.15) is 0 Å². The van der Waals surface area contributed by atoms with Crippen molar-refractivity contribution in [1.29, 1.82) is 0 Å². The molecule has 0 amide bonds. The Morgan fingerprint density at radius 2 is 2.20 bits per heavy atom. The second kappa shape index (κ2) is 6.43. The largest absolute Gasteiger partial charge is 0.481 e. The molecule has 0 fully saturated rings. The summed E-state index contributed by atoms with van der Waals surface area (Å²) < 4.78 is 0. The zero-order chi connectivity index (χ0) is 14.7. The molecule has 106 valence electrons. The monoisotopic (exact) mass is 330 g/mol. The first-order valence-electron chi connectivity index (χ1n) is 5.86. The molecule has 2 aromatic rings. The molecule has 1 aromatic carbocycles. The van der Waals surface area contributed by atoms with E-state index in [4.69, 9.17) is 28.3 Å². The maximum atomic E-state index is 10.6. The molecular formula is C13H12Cl2N2O2S. The van der Waals surface area contributed by atoms with Gasteiger partial charge in [0, 0.05) is 9.90 Å². The number of aliphatic carboxylic acids is 1. The van der Waals surface area contributed by atoms with Crippen LogP contribution in [0, 0.1) is 6.92 Å². The van der Waals surface area contributed by atoms with Crippen LogP contribution in [0.25, 0.3) is 0 Å². The van der Waals surface area contributed by atoms with Gasteiger partial charge in [-0.1, -0.05) is 23.2 Å². The van der Waals surface area contributed by atoms with Crippen molar-refractivity contribution in [1.82, 2.24) is 4.98 Å². The number of thiazole rings is 1. The van der Waals surface area contributed by atoms with E-state index >= 15 is 0 Å². The lowest BCUT2D eigenvalue weighted by Crippen LogP contribution is -1.96. The molecule has 2 N–H and O–H groups in total. The highest BCUT2D eigenvalue weighted by Crippen LogP contribution is 2.31. The number of anilines is 2. The predicted molar refractivity (Wildman–Crippen MR) is 82.6 cm³/mol. The first-order valence-corrected chi connectivity index (χ1v) is 7.43. The standard InChI is InChI=1S/C13H12Cl2N2O2S/c1-7-11(4-5-12(18)19)20-13(16-7)17-10-6-8(14)2-3-9(10)15/h2-3,6H,4-5H2,1H3,(H,16,17)(H,18,19). The Morgan fingerprint density at radius 1 is 1.45 bits per heavy atom. The molecule has 0 unspecified atom stereocenters. The quantitative estimate of drug-likeness (QED) is 0.846. The second-order valence-electron chi connectivity index (χ2n) is 4.17. The average molecular weight is 331 g/mol. The number of carbonyl (C=O) groups is 1. The fourth-order valence-electron chi connectivity index (χ4n) is 1.64. The SMILES string of the molecule is Cc1nc(Nc2cc(Cl)ccc2Cl)sc1CCC(=O)O. The van der Waals surface area contributed by atoms with Crippen LogP contribution in [-0.4, -0.2) is 16.1 Å². The smallest absolute Gasteiger partial charge is 0.303 e. The highest BCUT2D eigenvalue weighted by molar-refractivity contribution is 7.15. The van der Waals surface area contributed by atoms with Crippen molar-refractivity contribution in [3.8, 4) is 0 Å². The second-order valence-corrected chi connectivity index (χ2v) is 6.10. The maximum absolute atomic E-state index is 10.6. The van der Waals surface area contributed by atoms with Gasteiger partial charge in [-0.2, -0.15) is 0 Å². The third-order valence-electron chi connectivity index (χ3n) is 2.63. The van der Waals surface area contributed by atoms with Gasteiger partial charge in [0.15, 0.2) is 5.13 Å². The van der Waals surface area contributed by atoms with E-state index in [2.05, 4.69) is 10.3 Å². The molecule has 0 bridgehead atoms. The van der Waals surface area contributed by atoms with E-state index in [0.29, 0.717) is 27.3 Å². The van der Waals surface area contributed by atoms with Crippen molar-refractivity contribution in [3.05, 3.63) is 38.8 Å². The minimum Gasteiger partial charge on any atom is -0.481 e. The number of nitrogens with zero attached hydrogens (tertiary/aromatic N) is 1. The number of aryl methyl sites for hydroxylation is 2. The van der Waals surface area contributed by atoms with E-state index in [1.54, 1.807) is 18.2 Å².